The normalized spacial score (nSPS) is 14.3. The van der Waals surface area contributed by atoms with E-state index in [2.05, 4.69) is 41.5 Å². The third-order valence-corrected chi connectivity index (χ3v) is 5.96. The highest BCUT2D eigenvalue weighted by Gasteiger charge is 2.23. The zero-order valence-electron chi connectivity index (χ0n) is 19.1. The molecule has 1 fully saturated rings. The van der Waals surface area contributed by atoms with E-state index in [-0.39, 0.29) is 5.97 Å². The van der Waals surface area contributed by atoms with Crippen LogP contribution in [0.15, 0.2) is 53.2 Å². The summed E-state index contributed by atoms with van der Waals surface area (Å²) in [7, 11) is 0. The molecule has 0 atom stereocenters. The summed E-state index contributed by atoms with van der Waals surface area (Å²) in [5, 5.41) is 11.7. The van der Waals surface area contributed by atoms with Gasteiger partial charge in [-0.05, 0) is 59.2 Å². The summed E-state index contributed by atoms with van der Waals surface area (Å²) in [5.74, 6) is 0.857. The van der Waals surface area contributed by atoms with Crippen LogP contribution in [0.5, 0.6) is 0 Å². The van der Waals surface area contributed by atoms with Crippen molar-refractivity contribution >= 4 is 46.2 Å². The topological polar surface area (TPSA) is 110 Å². The second-order valence-electron chi connectivity index (χ2n) is 8.12. The van der Waals surface area contributed by atoms with Gasteiger partial charge in [-0.2, -0.15) is 0 Å². The zero-order valence-corrected chi connectivity index (χ0v) is 19.9. The molecule has 1 aliphatic rings. The lowest BCUT2D eigenvalue weighted by Gasteiger charge is -2.35. The minimum Gasteiger partial charge on any atom is -0.462 e. The Bertz CT molecular complexity index is 1320. The predicted octanol–water partition coefficient (Wildman–Crippen LogP) is 3.91. The van der Waals surface area contributed by atoms with E-state index in [9.17, 15) is 4.79 Å². The van der Waals surface area contributed by atoms with Gasteiger partial charge in [0.05, 0.1) is 12.2 Å². The van der Waals surface area contributed by atoms with E-state index >= 15 is 0 Å². The summed E-state index contributed by atoms with van der Waals surface area (Å²) in [4.78, 5) is 25.8. The van der Waals surface area contributed by atoms with Crippen LogP contribution in [0.1, 0.15) is 22.8 Å². The first kappa shape index (κ1) is 23.0. The fourth-order valence-electron chi connectivity index (χ4n) is 3.99. The van der Waals surface area contributed by atoms with Gasteiger partial charge in [0, 0.05) is 43.4 Å². The first-order chi connectivity index (χ1) is 17.1. The largest absolute Gasteiger partial charge is 0.462 e. The Hall–Kier alpha value is -3.76. The summed E-state index contributed by atoms with van der Waals surface area (Å²) in [5.41, 5.74) is 3.10. The fraction of sp³-hybridized carbons (Fsp3) is 0.292. The minimum atomic E-state index is -0.356. The zero-order chi connectivity index (χ0) is 24.2. The second kappa shape index (κ2) is 10.2. The number of carbonyl (C=O) groups excluding carboxylic acids is 1. The minimum absolute atomic E-state index is 0.319. The van der Waals surface area contributed by atoms with Gasteiger partial charge < -0.3 is 15.0 Å². The van der Waals surface area contributed by atoms with Gasteiger partial charge in [0.25, 0.3) is 0 Å². The van der Waals surface area contributed by atoms with E-state index in [1.165, 1.54) is 5.56 Å². The van der Waals surface area contributed by atoms with Gasteiger partial charge in [-0.15, -0.1) is 0 Å². The quantitative estimate of drug-likeness (QED) is 0.380. The number of ether oxygens (including phenoxy) is 1. The highest BCUT2D eigenvalue weighted by Crippen LogP contribution is 2.28. The molecule has 0 radical (unpaired) electrons. The van der Waals surface area contributed by atoms with Crippen LogP contribution in [0.3, 0.4) is 0 Å². The standard InChI is InChI=1S/C24H24ClN7O3/c1-2-34-24(33)17-6-8-19(9-7-17)26-22-23(28-21-20(27-22)29-35-30-21)32-12-10-31(11-13-32)15-16-4-3-5-18(25)14-16/h3-9,14H,2,10-13,15H2,1H3,(H,26,27,29). The lowest BCUT2D eigenvalue weighted by atomic mass is 10.2. The van der Waals surface area contributed by atoms with E-state index in [0.29, 0.717) is 35.1 Å². The van der Waals surface area contributed by atoms with Gasteiger partial charge >= 0.3 is 5.97 Å². The van der Waals surface area contributed by atoms with Crippen molar-refractivity contribution in [2.75, 3.05) is 43.0 Å². The van der Waals surface area contributed by atoms with Gasteiger partial charge in [0.1, 0.15) is 0 Å². The van der Waals surface area contributed by atoms with Crippen molar-refractivity contribution in [1.29, 1.82) is 0 Å². The number of nitrogens with zero attached hydrogens (tertiary/aromatic N) is 6. The molecule has 2 aromatic heterocycles. The number of carbonyl (C=O) groups is 1. The molecule has 1 saturated heterocycles. The number of benzene rings is 2. The third-order valence-electron chi connectivity index (χ3n) is 5.72. The van der Waals surface area contributed by atoms with E-state index in [4.69, 9.17) is 21.0 Å². The summed E-state index contributed by atoms with van der Waals surface area (Å²) >= 11 is 6.14. The van der Waals surface area contributed by atoms with Crippen LogP contribution in [0.25, 0.3) is 11.3 Å². The summed E-state index contributed by atoms with van der Waals surface area (Å²) < 4.78 is 9.88. The molecule has 2 aromatic carbocycles. The average molecular weight is 494 g/mol. The number of aromatic nitrogens is 4. The molecule has 4 aromatic rings. The Morgan fingerprint density at radius 3 is 2.51 bits per heavy atom. The monoisotopic (exact) mass is 493 g/mol. The Morgan fingerprint density at radius 1 is 1.06 bits per heavy atom. The number of halogens is 1. The van der Waals surface area contributed by atoms with E-state index in [1.807, 2.05) is 18.2 Å². The van der Waals surface area contributed by atoms with Crippen LogP contribution in [-0.2, 0) is 11.3 Å². The number of anilines is 3. The number of rotatable bonds is 7. The second-order valence-corrected chi connectivity index (χ2v) is 8.56. The number of hydrogen-bond donors (Lipinski definition) is 1. The van der Waals surface area contributed by atoms with Crippen LogP contribution < -0.4 is 10.2 Å². The maximum absolute atomic E-state index is 11.9. The molecule has 0 unspecified atom stereocenters. The number of piperazine rings is 1. The van der Waals surface area contributed by atoms with Gasteiger partial charge in [-0.3, -0.25) is 4.90 Å². The smallest absolute Gasteiger partial charge is 0.338 e. The molecular weight excluding hydrogens is 470 g/mol. The maximum atomic E-state index is 11.9. The van der Waals surface area contributed by atoms with Crippen molar-refractivity contribution in [3.63, 3.8) is 0 Å². The Kier molecular flexibility index (Phi) is 6.73. The number of nitrogens with one attached hydrogen (secondary N) is 1. The van der Waals surface area contributed by atoms with Crippen LogP contribution in [0.4, 0.5) is 17.3 Å². The summed E-state index contributed by atoms with van der Waals surface area (Å²) in [6.45, 7) is 6.19. The Labute approximate surface area is 206 Å². The molecule has 180 valence electrons. The molecule has 10 nitrogen and oxygen atoms in total. The molecule has 0 spiro atoms. The third kappa shape index (κ3) is 5.33. The van der Waals surface area contributed by atoms with E-state index in [0.717, 1.165) is 43.4 Å². The van der Waals surface area contributed by atoms with Gasteiger partial charge in [0.15, 0.2) is 11.6 Å². The molecular formula is C24H24ClN7O3. The van der Waals surface area contributed by atoms with Crippen LogP contribution in [0, 0.1) is 0 Å². The predicted molar refractivity (Wildman–Crippen MR) is 132 cm³/mol. The summed E-state index contributed by atoms with van der Waals surface area (Å²) in [6, 6.07) is 15.0. The van der Waals surface area contributed by atoms with Crippen LogP contribution in [0.2, 0.25) is 5.02 Å². The van der Waals surface area contributed by atoms with Gasteiger partial charge in [-0.25, -0.2) is 19.4 Å². The van der Waals surface area contributed by atoms with Crippen molar-refractivity contribution in [3.8, 4) is 0 Å². The number of fused-ring (bicyclic) bond motifs is 1. The molecule has 5 rings (SSSR count). The van der Waals surface area contributed by atoms with Crippen molar-refractivity contribution in [1.82, 2.24) is 25.2 Å². The molecule has 3 heterocycles. The number of esters is 1. The first-order valence-corrected chi connectivity index (χ1v) is 11.7. The Balaban J connectivity index is 1.32. The highest BCUT2D eigenvalue weighted by atomic mass is 35.5. The van der Waals surface area contributed by atoms with Gasteiger partial charge in [0.2, 0.25) is 11.3 Å². The van der Waals surface area contributed by atoms with E-state index in [1.54, 1.807) is 31.2 Å². The molecule has 0 bridgehead atoms. The van der Waals surface area contributed by atoms with Crippen molar-refractivity contribution in [2.45, 2.75) is 13.5 Å². The number of hydrogen-bond acceptors (Lipinski definition) is 10. The maximum Gasteiger partial charge on any atom is 0.338 e. The van der Waals surface area contributed by atoms with Crippen LogP contribution in [-0.4, -0.2) is 63.9 Å². The molecule has 1 N–H and O–H groups in total. The molecule has 11 heteroatoms. The molecule has 0 aliphatic carbocycles. The lowest BCUT2D eigenvalue weighted by molar-refractivity contribution is 0.0526. The SMILES string of the molecule is CCOC(=O)c1ccc(Nc2nc3nonc3nc2N2CCN(Cc3cccc(Cl)c3)CC2)cc1. The van der Waals surface area contributed by atoms with Crippen LogP contribution >= 0.6 is 11.6 Å². The highest BCUT2D eigenvalue weighted by molar-refractivity contribution is 6.30. The first-order valence-electron chi connectivity index (χ1n) is 11.4. The lowest BCUT2D eigenvalue weighted by Crippen LogP contribution is -2.46. The van der Waals surface area contributed by atoms with Gasteiger partial charge in [-0.1, -0.05) is 23.7 Å². The molecule has 35 heavy (non-hydrogen) atoms. The van der Waals surface area contributed by atoms with Crippen molar-refractivity contribution in [3.05, 3.63) is 64.7 Å². The van der Waals surface area contributed by atoms with Crippen molar-refractivity contribution < 1.29 is 14.2 Å². The molecule has 0 saturated carbocycles. The molecule has 0 amide bonds. The van der Waals surface area contributed by atoms with E-state index < -0.39 is 0 Å². The average Bonchev–Trinajstić information content (AvgIpc) is 3.32. The van der Waals surface area contributed by atoms with Crippen molar-refractivity contribution in [2.24, 2.45) is 0 Å². The summed E-state index contributed by atoms with van der Waals surface area (Å²) in [6.07, 6.45) is 0. The fourth-order valence-corrected chi connectivity index (χ4v) is 4.20. The molecule has 1 aliphatic heterocycles. The Morgan fingerprint density at radius 2 is 1.80 bits per heavy atom.